The fourth-order valence-corrected chi connectivity index (χ4v) is 5.06. The Balaban J connectivity index is 1.66. The molecule has 1 saturated heterocycles. The number of thioether (sulfide) groups is 1. The van der Waals surface area contributed by atoms with Crippen LogP contribution in [0.1, 0.15) is 17.9 Å². The second-order valence-corrected chi connectivity index (χ2v) is 8.11. The van der Waals surface area contributed by atoms with E-state index in [4.69, 9.17) is 14.2 Å². The Labute approximate surface area is 185 Å². The molecular weight excluding hydrogens is 414 g/mol. The molecule has 2 heterocycles. The van der Waals surface area contributed by atoms with Crippen molar-refractivity contribution in [2.24, 2.45) is 0 Å². The quantitative estimate of drug-likeness (QED) is 0.701. The molecule has 8 heteroatoms. The fourth-order valence-electron chi connectivity index (χ4n) is 3.90. The van der Waals surface area contributed by atoms with Crippen molar-refractivity contribution < 1.29 is 19.0 Å². The van der Waals surface area contributed by atoms with Crippen LogP contribution < -0.4 is 19.1 Å². The fraction of sp³-hybridized carbons (Fsp3) is 0.304. The van der Waals surface area contributed by atoms with Gasteiger partial charge >= 0.3 is 0 Å². The molecule has 2 aromatic rings. The lowest BCUT2D eigenvalue weighted by Crippen LogP contribution is -2.47. The molecule has 0 bridgehead atoms. The number of nitriles is 1. The molecule has 0 spiro atoms. The normalized spacial score (nSPS) is 18.4. The molecule has 0 radical (unpaired) electrons. The van der Waals surface area contributed by atoms with Crippen molar-refractivity contribution >= 4 is 23.4 Å². The van der Waals surface area contributed by atoms with Crippen LogP contribution in [0.2, 0.25) is 0 Å². The van der Waals surface area contributed by atoms with Crippen LogP contribution in [0.3, 0.4) is 0 Å². The van der Waals surface area contributed by atoms with Gasteiger partial charge in [0, 0.05) is 18.4 Å². The SMILES string of the molecule is COc1cccc(C2CC(=O)N3CN(c4ccc(OC)cc4OC)CSC3=C2C#N)c1. The maximum Gasteiger partial charge on any atom is 0.229 e. The predicted octanol–water partition coefficient (Wildman–Crippen LogP) is 3.93. The second kappa shape index (κ2) is 8.82. The van der Waals surface area contributed by atoms with E-state index in [0.29, 0.717) is 35.4 Å². The van der Waals surface area contributed by atoms with Crippen molar-refractivity contribution in [3.63, 3.8) is 0 Å². The molecule has 0 aliphatic carbocycles. The summed E-state index contributed by atoms with van der Waals surface area (Å²) in [6.45, 7) is 0.361. The molecule has 1 amide bonds. The number of carbonyl (C=O) groups excluding carboxylic acids is 1. The monoisotopic (exact) mass is 437 g/mol. The summed E-state index contributed by atoms with van der Waals surface area (Å²) in [5, 5.41) is 10.7. The molecule has 2 aromatic carbocycles. The number of amides is 1. The van der Waals surface area contributed by atoms with Gasteiger partial charge in [0.2, 0.25) is 5.91 Å². The summed E-state index contributed by atoms with van der Waals surface area (Å²) < 4.78 is 16.1. The molecule has 1 fully saturated rings. The molecule has 2 aliphatic rings. The first-order valence-corrected chi connectivity index (χ1v) is 10.8. The average molecular weight is 438 g/mol. The van der Waals surface area contributed by atoms with Crippen molar-refractivity contribution in [1.29, 1.82) is 5.26 Å². The van der Waals surface area contributed by atoms with Crippen molar-refractivity contribution in [3.8, 4) is 23.3 Å². The molecule has 160 valence electrons. The maximum atomic E-state index is 13.1. The number of hydrogen-bond donors (Lipinski definition) is 0. The molecule has 7 nitrogen and oxygen atoms in total. The standard InChI is InChI=1S/C23H23N3O4S/c1-28-16-6-4-5-15(9-16)18-11-22(27)26-13-25(14-31-23(26)19(18)12-24)20-8-7-17(29-2)10-21(20)30-3/h4-10,18H,11,13-14H2,1-3H3. The molecule has 0 aromatic heterocycles. The molecule has 1 atom stereocenters. The zero-order valence-electron chi connectivity index (χ0n) is 17.6. The van der Waals surface area contributed by atoms with E-state index in [0.717, 1.165) is 16.3 Å². The smallest absolute Gasteiger partial charge is 0.229 e. The predicted molar refractivity (Wildman–Crippen MR) is 119 cm³/mol. The van der Waals surface area contributed by atoms with Crippen molar-refractivity contribution in [2.75, 3.05) is 38.8 Å². The highest BCUT2D eigenvalue weighted by molar-refractivity contribution is 8.03. The highest BCUT2D eigenvalue weighted by atomic mass is 32.2. The van der Waals surface area contributed by atoms with Gasteiger partial charge in [-0.3, -0.25) is 9.69 Å². The molecule has 4 rings (SSSR count). The van der Waals surface area contributed by atoms with Gasteiger partial charge in [-0.25, -0.2) is 0 Å². The van der Waals surface area contributed by atoms with Crippen LogP contribution in [-0.2, 0) is 4.79 Å². The third-order valence-electron chi connectivity index (χ3n) is 5.52. The van der Waals surface area contributed by atoms with E-state index in [2.05, 4.69) is 11.0 Å². The van der Waals surface area contributed by atoms with Gasteiger partial charge < -0.3 is 19.1 Å². The van der Waals surface area contributed by atoms with Gasteiger partial charge in [0.1, 0.15) is 17.2 Å². The largest absolute Gasteiger partial charge is 0.497 e. The minimum Gasteiger partial charge on any atom is -0.497 e. The summed E-state index contributed by atoms with van der Waals surface area (Å²) in [6.07, 6.45) is 0.244. The third-order valence-corrected chi connectivity index (χ3v) is 6.67. The summed E-state index contributed by atoms with van der Waals surface area (Å²) in [7, 11) is 4.83. The average Bonchev–Trinajstić information content (AvgIpc) is 2.83. The second-order valence-electron chi connectivity index (χ2n) is 7.18. The number of anilines is 1. The van der Waals surface area contributed by atoms with Gasteiger partial charge in [-0.05, 0) is 29.8 Å². The van der Waals surface area contributed by atoms with Gasteiger partial charge in [0.15, 0.2) is 0 Å². The zero-order valence-corrected chi connectivity index (χ0v) is 18.4. The number of fused-ring (bicyclic) bond motifs is 1. The Bertz CT molecular complexity index is 1080. The Hall–Kier alpha value is -3.31. The summed E-state index contributed by atoms with van der Waals surface area (Å²) in [6, 6.07) is 15.6. The Morgan fingerprint density at radius 1 is 1.06 bits per heavy atom. The van der Waals surface area contributed by atoms with E-state index in [1.54, 1.807) is 26.2 Å². The number of benzene rings is 2. The highest BCUT2D eigenvalue weighted by Crippen LogP contribution is 2.45. The molecular formula is C23H23N3O4S. The summed E-state index contributed by atoms with van der Waals surface area (Å²) in [5.41, 5.74) is 2.41. The lowest BCUT2D eigenvalue weighted by atomic mass is 9.86. The summed E-state index contributed by atoms with van der Waals surface area (Å²) >= 11 is 1.49. The summed E-state index contributed by atoms with van der Waals surface area (Å²) in [5.74, 6) is 2.40. The maximum absolute atomic E-state index is 13.1. The Morgan fingerprint density at radius 3 is 2.55 bits per heavy atom. The number of rotatable bonds is 5. The first kappa shape index (κ1) is 20.9. The summed E-state index contributed by atoms with van der Waals surface area (Å²) in [4.78, 5) is 16.9. The Kier molecular flexibility index (Phi) is 5.96. The van der Waals surface area contributed by atoms with Crippen LogP contribution >= 0.6 is 11.8 Å². The first-order valence-electron chi connectivity index (χ1n) is 9.78. The van der Waals surface area contributed by atoms with Crippen LogP contribution in [0.4, 0.5) is 5.69 Å². The van der Waals surface area contributed by atoms with Gasteiger partial charge in [-0.2, -0.15) is 5.26 Å². The van der Waals surface area contributed by atoms with E-state index in [9.17, 15) is 10.1 Å². The van der Waals surface area contributed by atoms with E-state index in [1.165, 1.54) is 11.8 Å². The molecule has 0 saturated carbocycles. The van der Waals surface area contributed by atoms with Crippen LogP contribution in [0.25, 0.3) is 0 Å². The van der Waals surface area contributed by atoms with Gasteiger partial charge in [0.05, 0.1) is 56.2 Å². The number of allylic oxidation sites excluding steroid dienone is 1. The van der Waals surface area contributed by atoms with Gasteiger partial charge in [0.25, 0.3) is 0 Å². The first-order chi connectivity index (χ1) is 15.1. The molecule has 31 heavy (non-hydrogen) atoms. The van der Waals surface area contributed by atoms with E-state index >= 15 is 0 Å². The van der Waals surface area contributed by atoms with Crippen LogP contribution in [-0.4, -0.2) is 44.7 Å². The van der Waals surface area contributed by atoms with E-state index in [-0.39, 0.29) is 18.2 Å². The van der Waals surface area contributed by atoms with E-state index in [1.807, 2.05) is 42.5 Å². The van der Waals surface area contributed by atoms with Gasteiger partial charge in [-0.15, -0.1) is 0 Å². The third kappa shape index (κ3) is 3.89. The number of methoxy groups -OCH3 is 3. The molecule has 0 N–H and O–H groups in total. The number of carbonyl (C=O) groups is 1. The van der Waals surface area contributed by atoms with Crippen molar-refractivity contribution in [3.05, 3.63) is 58.6 Å². The number of nitrogens with zero attached hydrogens (tertiary/aromatic N) is 3. The van der Waals surface area contributed by atoms with Gasteiger partial charge in [-0.1, -0.05) is 23.9 Å². The van der Waals surface area contributed by atoms with Crippen LogP contribution in [0, 0.1) is 11.3 Å². The Morgan fingerprint density at radius 2 is 1.84 bits per heavy atom. The van der Waals surface area contributed by atoms with Crippen molar-refractivity contribution in [1.82, 2.24) is 4.90 Å². The lowest BCUT2D eigenvalue weighted by molar-refractivity contribution is -0.129. The van der Waals surface area contributed by atoms with Crippen molar-refractivity contribution in [2.45, 2.75) is 12.3 Å². The number of ether oxygens (including phenoxy) is 3. The lowest BCUT2D eigenvalue weighted by Gasteiger charge is -2.42. The molecule has 1 unspecified atom stereocenters. The zero-order chi connectivity index (χ0) is 22.0. The van der Waals surface area contributed by atoms with Crippen LogP contribution in [0.15, 0.2) is 53.1 Å². The molecule has 2 aliphatic heterocycles. The highest BCUT2D eigenvalue weighted by Gasteiger charge is 2.38. The van der Waals surface area contributed by atoms with E-state index < -0.39 is 0 Å². The minimum atomic E-state index is -0.270. The number of hydrogen-bond acceptors (Lipinski definition) is 7. The minimum absolute atomic E-state index is 0.00787. The topological polar surface area (TPSA) is 75.0 Å². The van der Waals surface area contributed by atoms with Crippen LogP contribution in [0.5, 0.6) is 17.2 Å².